The largest absolute Gasteiger partial charge is 0.370 e. The zero-order chi connectivity index (χ0) is 14.8. The first-order valence-corrected chi connectivity index (χ1v) is 7.15. The van der Waals surface area contributed by atoms with Crippen molar-refractivity contribution in [1.82, 2.24) is 14.3 Å². The molecule has 2 aromatic rings. The van der Waals surface area contributed by atoms with Gasteiger partial charge in [-0.25, -0.2) is 4.98 Å². The molecule has 0 aliphatic carbocycles. The Labute approximate surface area is 122 Å². The number of rotatable bonds is 3. The SMILES string of the molecule is NC(=O)CC1CCN(C(=O)c2cn3ccccc3n2)CC1. The molecule has 0 atom stereocenters. The highest BCUT2D eigenvalue weighted by Gasteiger charge is 2.25. The Kier molecular flexibility index (Phi) is 3.60. The van der Waals surface area contributed by atoms with Crippen LogP contribution in [0.5, 0.6) is 0 Å². The van der Waals surface area contributed by atoms with E-state index in [0.717, 1.165) is 18.5 Å². The van der Waals surface area contributed by atoms with Gasteiger partial charge in [-0.1, -0.05) is 6.07 Å². The summed E-state index contributed by atoms with van der Waals surface area (Å²) in [5.74, 6) is -0.0102. The lowest BCUT2D eigenvalue weighted by Crippen LogP contribution is -2.39. The molecular weight excluding hydrogens is 268 g/mol. The van der Waals surface area contributed by atoms with Gasteiger partial charge in [0.1, 0.15) is 11.3 Å². The van der Waals surface area contributed by atoms with Gasteiger partial charge in [-0.05, 0) is 30.9 Å². The van der Waals surface area contributed by atoms with Gasteiger partial charge in [-0.2, -0.15) is 0 Å². The van der Waals surface area contributed by atoms with Crippen LogP contribution in [0.25, 0.3) is 5.65 Å². The summed E-state index contributed by atoms with van der Waals surface area (Å²) in [6.45, 7) is 1.31. The first kappa shape index (κ1) is 13.6. The van der Waals surface area contributed by atoms with Crippen LogP contribution < -0.4 is 5.73 Å². The van der Waals surface area contributed by atoms with Gasteiger partial charge in [0.05, 0.1) is 0 Å². The van der Waals surface area contributed by atoms with Crippen molar-refractivity contribution in [3.8, 4) is 0 Å². The third kappa shape index (κ3) is 2.89. The summed E-state index contributed by atoms with van der Waals surface area (Å²) in [5.41, 5.74) is 6.45. The topological polar surface area (TPSA) is 80.7 Å². The molecule has 6 nitrogen and oxygen atoms in total. The van der Waals surface area contributed by atoms with Gasteiger partial charge in [-0.15, -0.1) is 0 Å². The van der Waals surface area contributed by atoms with E-state index in [4.69, 9.17) is 5.73 Å². The van der Waals surface area contributed by atoms with E-state index in [2.05, 4.69) is 4.98 Å². The molecule has 0 saturated carbocycles. The van der Waals surface area contributed by atoms with Gasteiger partial charge in [-0.3, -0.25) is 9.59 Å². The Morgan fingerprint density at radius 2 is 2.05 bits per heavy atom. The van der Waals surface area contributed by atoms with Crippen molar-refractivity contribution < 1.29 is 9.59 Å². The third-order valence-electron chi connectivity index (χ3n) is 3.97. The van der Waals surface area contributed by atoms with Crippen LogP contribution in [0.4, 0.5) is 0 Å². The molecule has 6 heteroatoms. The molecule has 1 aliphatic heterocycles. The van der Waals surface area contributed by atoms with Crippen molar-refractivity contribution in [2.75, 3.05) is 13.1 Å². The van der Waals surface area contributed by atoms with E-state index in [1.54, 1.807) is 11.1 Å². The Hall–Kier alpha value is -2.37. The fraction of sp³-hybridized carbons (Fsp3) is 0.400. The Bertz CT molecular complexity index is 638. The van der Waals surface area contributed by atoms with E-state index < -0.39 is 0 Å². The van der Waals surface area contributed by atoms with Gasteiger partial charge in [0, 0.05) is 31.9 Å². The second kappa shape index (κ2) is 5.55. The molecule has 1 aliphatic rings. The second-order valence-electron chi connectivity index (χ2n) is 5.50. The number of fused-ring (bicyclic) bond motifs is 1. The Balaban J connectivity index is 1.67. The molecule has 3 rings (SSSR count). The van der Waals surface area contributed by atoms with Crippen LogP contribution in [0, 0.1) is 5.92 Å². The maximum atomic E-state index is 12.5. The summed E-state index contributed by atoms with van der Waals surface area (Å²) in [5, 5.41) is 0. The molecule has 0 bridgehead atoms. The second-order valence-corrected chi connectivity index (χ2v) is 5.50. The van der Waals surface area contributed by atoms with Crippen LogP contribution >= 0.6 is 0 Å². The standard InChI is InChI=1S/C15H18N4O2/c16-13(20)9-11-4-7-18(8-5-11)15(21)12-10-19-6-2-1-3-14(19)17-12/h1-3,6,10-11H,4-5,7-9H2,(H2,16,20). The number of hydrogen-bond acceptors (Lipinski definition) is 3. The van der Waals surface area contributed by atoms with Crippen LogP contribution in [0.1, 0.15) is 29.8 Å². The van der Waals surface area contributed by atoms with Gasteiger partial charge in [0.2, 0.25) is 5.91 Å². The first-order chi connectivity index (χ1) is 10.1. The van der Waals surface area contributed by atoms with Crippen molar-refractivity contribution in [2.45, 2.75) is 19.3 Å². The highest BCUT2D eigenvalue weighted by molar-refractivity contribution is 5.93. The molecule has 2 aromatic heterocycles. The quantitative estimate of drug-likeness (QED) is 0.916. The highest BCUT2D eigenvalue weighted by atomic mass is 16.2. The molecule has 0 radical (unpaired) electrons. The van der Waals surface area contributed by atoms with Gasteiger partial charge < -0.3 is 15.0 Å². The third-order valence-corrected chi connectivity index (χ3v) is 3.97. The number of nitrogens with zero attached hydrogens (tertiary/aromatic N) is 3. The van der Waals surface area contributed by atoms with Crippen LogP contribution in [0.15, 0.2) is 30.6 Å². The molecule has 21 heavy (non-hydrogen) atoms. The van der Waals surface area contributed by atoms with Crippen molar-refractivity contribution >= 4 is 17.5 Å². The van der Waals surface area contributed by atoms with Crippen molar-refractivity contribution in [2.24, 2.45) is 11.7 Å². The predicted molar refractivity (Wildman–Crippen MR) is 77.6 cm³/mol. The summed E-state index contributed by atoms with van der Waals surface area (Å²) in [4.78, 5) is 29.5. The Morgan fingerprint density at radius 3 is 2.71 bits per heavy atom. The zero-order valence-corrected chi connectivity index (χ0v) is 11.7. The number of nitrogens with two attached hydrogens (primary N) is 1. The minimum absolute atomic E-state index is 0.0452. The number of hydrogen-bond donors (Lipinski definition) is 1. The van der Waals surface area contributed by atoms with Gasteiger partial charge in [0.25, 0.3) is 5.91 Å². The number of piperidine rings is 1. The fourth-order valence-electron chi connectivity index (χ4n) is 2.82. The fourth-order valence-corrected chi connectivity index (χ4v) is 2.82. The molecule has 3 heterocycles. The molecule has 2 amide bonds. The number of pyridine rings is 1. The van der Waals surface area contributed by atoms with Crippen LogP contribution in [-0.2, 0) is 4.79 Å². The molecule has 0 spiro atoms. The van der Waals surface area contributed by atoms with Crippen molar-refractivity contribution in [1.29, 1.82) is 0 Å². The maximum Gasteiger partial charge on any atom is 0.274 e. The summed E-state index contributed by atoms with van der Waals surface area (Å²) < 4.78 is 1.84. The monoisotopic (exact) mass is 286 g/mol. The summed E-state index contributed by atoms with van der Waals surface area (Å²) in [6, 6.07) is 5.67. The lowest BCUT2D eigenvalue weighted by Gasteiger charge is -2.31. The summed E-state index contributed by atoms with van der Waals surface area (Å²) >= 11 is 0. The normalized spacial score (nSPS) is 16.3. The average Bonchev–Trinajstić information content (AvgIpc) is 2.90. The van der Waals surface area contributed by atoms with E-state index in [1.165, 1.54) is 0 Å². The zero-order valence-electron chi connectivity index (χ0n) is 11.7. The van der Waals surface area contributed by atoms with Crippen molar-refractivity contribution in [3.63, 3.8) is 0 Å². The lowest BCUT2D eigenvalue weighted by molar-refractivity contribution is -0.119. The van der Waals surface area contributed by atoms with E-state index >= 15 is 0 Å². The molecule has 2 N–H and O–H groups in total. The van der Waals surface area contributed by atoms with Crippen LogP contribution in [-0.4, -0.2) is 39.2 Å². The number of imidazole rings is 1. The minimum atomic E-state index is -0.264. The first-order valence-electron chi connectivity index (χ1n) is 7.15. The van der Waals surface area contributed by atoms with E-state index in [1.807, 2.05) is 28.8 Å². The number of likely N-dealkylation sites (tertiary alicyclic amines) is 1. The van der Waals surface area contributed by atoms with Gasteiger partial charge in [0.15, 0.2) is 0 Å². The molecule has 1 saturated heterocycles. The Morgan fingerprint density at radius 1 is 1.29 bits per heavy atom. The average molecular weight is 286 g/mol. The minimum Gasteiger partial charge on any atom is -0.370 e. The molecule has 0 unspecified atom stereocenters. The lowest BCUT2D eigenvalue weighted by atomic mass is 9.93. The van der Waals surface area contributed by atoms with E-state index in [9.17, 15) is 9.59 Å². The molecular formula is C15H18N4O2. The van der Waals surface area contributed by atoms with E-state index in [0.29, 0.717) is 31.1 Å². The molecule has 110 valence electrons. The highest BCUT2D eigenvalue weighted by Crippen LogP contribution is 2.21. The predicted octanol–water partition coefficient (Wildman–Crippen LogP) is 1.06. The van der Waals surface area contributed by atoms with Crippen LogP contribution in [0.3, 0.4) is 0 Å². The van der Waals surface area contributed by atoms with Gasteiger partial charge >= 0.3 is 0 Å². The molecule has 1 fully saturated rings. The number of amides is 2. The number of carbonyl (C=O) groups is 2. The summed E-state index contributed by atoms with van der Waals surface area (Å²) in [6.07, 6.45) is 5.69. The maximum absolute atomic E-state index is 12.5. The number of aromatic nitrogens is 2. The molecule has 0 aromatic carbocycles. The number of primary amides is 1. The smallest absolute Gasteiger partial charge is 0.274 e. The van der Waals surface area contributed by atoms with E-state index in [-0.39, 0.29) is 11.8 Å². The van der Waals surface area contributed by atoms with Crippen LogP contribution in [0.2, 0.25) is 0 Å². The van der Waals surface area contributed by atoms with Crippen molar-refractivity contribution in [3.05, 3.63) is 36.3 Å². The summed E-state index contributed by atoms with van der Waals surface area (Å²) in [7, 11) is 0. The number of carbonyl (C=O) groups excluding carboxylic acids is 2.